The van der Waals surface area contributed by atoms with Crippen LogP contribution in [0.4, 0.5) is 10.6 Å². The molecule has 1 aliphatic heterocycles. The van der Waals surface area contributed by atoms with Gasteiger partial charge in [-0.25, -0.2) is 14.8 Å². The monoisotopic (exact) mass is 398 g/mol. The second kappa shape index (κ2) is 6.71. The van der Waals surface area contributed by atoms with Gasteiger partial charge in [0.1, 0.15) is 17.2 Å². The van der Waals surface area contributed by atoms with E-state index in [0.717, 1.165) is 42.3 Å². The van der Waals surface area contributed by atoms with Crippen LogP contribution >= 0.6 is 0 Å². The Morgan fingerprint density at radius 3 is 2.52 bits per heavy atom. The van der Waals surface area contributed by atoms with Crippen molar-refractivity contribution in [1.29, 1.82) is 0 Å². The highest BCUT2D eigenvalue weighted by Gasteiger charge is 2.56. The van der Waals surface area contributed by atoms with Gasteiger partial charge in [-0.15, -0.1) is 0 Å². The van der Waals surface area contributed by atoms with Gasteiger partial charge in [-0.3, -0.25) is 4.68 Å². The fourth-order valence-electron chi connectivity index (χ4n) is 3.93. The average molecular weight is 399 g/mol. The third-order valence-electron chi connectivity index (χ3n) is 5.82. The number of pyridine rings is 1. The molecule has 2 aromatic heterocycles. The Kier molecular flexibility index (Phi) is 4.55. The summed E-state index contributed by atoms with van der Waals surface area (Å²) in [5.74, 6) is 2.38. The number of amides is 1. The second-order valence-electron chi connectivity index (χ2n) is 9.36. The number of ether oxygens (including phenoxy) is 1. The molecule has 8 nitrogen and oxygen atoms in total. The van der Waals surface area contributed by atoms with Gasteiger partial charge in [0.25, 0.3) is 0 Å². The Morgan fingerprint density at radius 2 is 1.97 bits per heavy atom. The Balaban J connectivity index is 1.48. The van der Waals surface area contributed by atoms with Gasteiger partial charge in [0.15, 0.2) is 5.82 Å². The maximum absolute atomic E-state index is 12.5. The summed E-state index contributed by atoms with van der Waals surface area (Å²) in [7, 11) is 1.89. The molecule has 156 valence electrons. The van der Waals surface area contributed by atoms with E-state index in [4.69, 9.17) is 9.72 Å². The van der Waals surface area contributed by atoms with Crippen molar-refractivity contribution in [2.24, 2.45) is 12.5 Å². The van der Waals surface area contributed by atoms with E-state index >= 15 is 0 Å². The zero-order valence-corrected chi connectivity index (χ0v) is 18.1. The summed E-state index contributed by atoms with van der Waals surface area (Å²) in [5.41, 5.74) is 1.48. The summed E-state index contributed by atoms with van der Waals surface area (Å²) in [6.45, 7) is 11.0. The number of aryl methyl sites for hydroxylation is 3. The molecule has 8 heteroatoms. The van der Waals surface area contributed by atoms with Crippen molar-refractivity contribution in [2.45, 2.75) is 59.1 Å². The van der Waals surface area contributed by atoms with Crippen LogP contribution in [0.5, 0.6) is 0 Å². The Labute approximate surface area is 171 Å². The van der Waals surface area contributed by atoms with Gasteiger partial charge in [-0.05, 0) is 59.6 Å². The first-order chi connectivity index (χ1) is 13.6. The third-order valence-corrected chi connectivity index (χ3v) is 5.82. The zero-order valence-electron chi connectivity index (χ0n) is 18.1. The summed E-state index contributed by atoms with van der Waals surface area (Å²) < 4.78 is 7.33. The number of aromatic nitrogens is 4. The van der Waals surface area contributed by atoms with Gasteiger partial charge in [0.05, 0.1) is 11.7 Å². The van der Waals surface area contributed by atoms with Crippen molar-refractivity contribution in [2.75, 3.05) is 18.4 Å². The molecule has 4 rings (SSSR count). The van der Waals surface area contributed by atoms with Crippen molar-refractivity contribution >= 4 is 11.9 Å². The van der Waals surface area contributed by atoms with Crippen LogP contribution in [0.3, 0.4) is 0 Å². The second-order valence-corrected chi connectivity index (χ2v) is 9.36. The topological polar surface area (TPSA) is 85.2 Å². The molecule has 1 N–H and O–H groups in total. The number of carbonyl (C=O) groups excluding carboxylic acids is 1. The van der Waals surface area contributed by atoms with Crippen LogP contribution < -0.4 is 5.32 Å². The van der Waals surface area contributed by atoms with Crippen molar-refractivity contribution in [3.8, 4) is 11.4 Å². The van der Waals surface area contributed by atoms with E-state index in [1.807, 2.05) is 58.7 Å². The van der Waals surface area contributed by atoms with Crippen molar-refractivity contribution in [1.82, 2.24) is 24.6 Å². The molecule has 0 radical (unpaired) electrons. The predicted octanol–water partition coefficient (Wildman–Crippen LogP) is 3.31. The predicted molar refractivity (Wildman–Crippen MR) is 111 cm³/mol. The van der Waals surface area contributed by atoms with Gasteiger partial charge in [-0.1, -0.05) is 0 Å². The number of nitrogens with one attached hydrogen (secondary N) is 1. The third kappa shape index (κ3) is 3.93. The maximum Gasteiger partial charge on any atom is 0.410 e. The lowest BCUT2D eigenvalue weighted by Crippen LogP contribution is -2.36. The molecule has 1 saturated carbocycles. The molecule has 3 heterocycles. The molecule has 0 bridgehead atoms. The highest BCUT2D eigenvalue weighted by atomic mass is 16.6. The minimum absolute atomic E-state index is 0.144. The normalized spacial score (nSPS) is 20.2. The Morgan fingerprint density at radius 1 is 1.24 bits per heavy atom. The average Bonchev–Trinajstić information content (AvgIpc) is 3.19. The van der Waals surface area contributed by atoms with Gasteiger partial charge >= 0.3 is 6.09 Å². The van der Waals surface area contributed by atoms with E-state index in [-0.39, 0.29) is 17.6 Å². The number of likely N-dealkylation sites (tertiary alicyclic amines) is 1. The number of hydrogen-bond acceptors (Lipinski definition) is 6. The molecule has 1 unspecified atom stereocenters. The molecule has 2 fully saturated rings. The van der Waals surface area contributed by atoms with Gasteiger partial charge in [0.2, 0.25) is 0 Å². The molecule has 29 heavy (non-hydrogen) atoms. The number of anilines is 1. The number of carbonyl (C=O) groups is 1. The molecule has 1 aliphatic carbocycles. The maximum atomic E-state index is 12.5. The van der Waals surface area contributed by atoms with Crippen LogP contribution in [0.15, 0.2) is 12.1 Å². The molecule has 2 aromatic rings. The molecule has 1 atom stereocenters. The van der Waals surface area contributed by atoms with E-state index in [9.17, 15) is 4.79 Å². The van der Waals surface area contributed by atoms with E-state index in [0.29, 0.717) is 12.4 Å². The zero-order chi connectivity index (χ0) is 21.0. The molecule has 1 spiro atoms. The summed E-state index contributed by atoms with van der Waals surface area (Å²) in [6, 6.07) is 4.17. The number of rotatable bonds is 3. The van der Waals surface area contributed by atoms with Crippen LogP contribution in [-0.4, -0.2) is 55.5 Å². The number of hydrogen-bond donors (Lipinski definition) is 1. The lowest BCUT2D eigenvalue weighted by atomic mass is 10.0. The fourth-order valence-corrected chi connectivity index (χ4v) is 3.93. The molecule has 1 saturated heterocycles. The van der Waals surface area contributed by atoms with Crippen LogP contribution in [0, 0.1) is 19.3 Å². The van der Waals surface area contributed by atoms with Crippen LogP contribution in [-0.2, 0) is 11.8 Å². The first-order valence-corrected chi connectivity index (χ1v) is 10.2. The first-order valence-electron chi connectivity index (χ1n) is 10.2. The minimum Gasteiger partial charge on any atom is -0.444 e. The van der Waals surface area contributed by atoms with Gasteiger partial charge < -0.3 is 15.0 Å². The molecular weight excluding hydrogens is 368 g/mol. The summed E-state index contributed by atoms with van der Waals surface area (Å²) in [5, 5.41) is 8.02. The van der Waals surface area contributed by atoms with Crippen LogP contribution in [0.1, 0.15) is 45.1 Å². The summed E-state index contributed by atoms with van der Waals surface area (Å²) in [6.07, 6.45) is 2.01. The lowest BCUT2D eigenvalue weighted by molar-refractivity contribution is 0.0285. The summed E-state index contributed by atoms with van der Waals surface area (Å²) >= 11 is 0. The molecule has 1 amide bonds. The molecule has 0 aromatic carbocycles. The van der Waals surface area contributed by atoms with Crippen LogP contribution in [0.2, 0.25) is 0 Å². The van der Waals surface area contributed by atoms with E-state index in [1.165, 1.54) is 0 Å². The Bertz CT molecular complexity index is 922. The largest absolute Gasteiger partial charge is 0.444 e. The fraction of sp³-hybridized carbons (Fsp3) is 0.619. The Hall–Kier alpha value is -2.64. The van der Waals surface area contributed by atoms with Crippen molar-refractivity contribution in [3.63, 3.8) is 0 Å². The minimum atomic E-state index is -0.480. The van der Waals surface area contributed by atoms with Crippen LogP contribution in [0.25, 0.3) is 11.4 Å². The van der Waals surface area contributed by atoms with Crippen molar-refractivity contribution in [3.05, 3.63) is 23.7 Å². The summed E-state index contributed by atoms with van der Waals surface area (Å²) in [4.78, 5) is 23.6. The van der Waals surface area contributed by atoms with E-state index in [2.05, 4.69) is 15.4 Å². The quantitative estimate of drug-likeness (QED) is 0.854. The van der Waals surface area contributed by atoms with E-state index < -0.39 is 5.60 Å². The number of nitrogens with zero attached hydrogens (tertiary/aromatic N) is 5. The van der Waals surface area contributed by atoms with Gasteiger partial charge in [0, 0.05) is 31.1 Å². The highest BCUT2D eigenvalue weighted by Crippen LogP contribution is 2.53. The molecular formula is C21H30N6O2. The smallest absolute Gasteiger partial charge is 0.410 e. The van der Waals surface area contributed by atoms with Crippen molar-refractivity contribution < 1.29 is 9.53 Å². The van der Waals surface area contributed by atoms with E-state index in [1.54, 1.807) is 4.68 Å². The lowest BCUT2D eigenvalue weighted by Gasteiger charge is -2.24. The first kappa shape index (κ1) is 19.7. The molecule has 2 aliphatic rings. The highest BCUT2D eigenvalue weighted by molar-refractivity contribution is 5.69. The van der Waals surface area contributed by atoms with Gasteiger partial charge in [-0.2, -0.15) is 5.10 Å². The SMILES string of the molecule is Cc1nc(NC2CN(C(=O)OC(C)(C)C)CC23CC3)ccc1-c1nc(C)n(C)n1. The standard InChI is InChI=1S/C21H30N6O2/c1-13-15(18-23-14(2)26(6)25-18)7-8-17(22-13)24-16-11-27(12-21(16)9-10-21)19(28)29-20(3,4)5/h7-8,16H,9-12H2,1-6H3,(H,22,24).